The van der Waals surface area contributed by atoms with Gasteiger partial charge in [0.2, 0.25) is 10.0 Å². The van der Waals surface area contributed by atoms with Gasteiger partial charge >= 0.3 is 0 Å². The fourth-order valence-corrected chi connectivity index (χ4v) is 5.17. The second-order valence-electron chi connectivity index (χ2n) is 6.96. The molecule has 8 heteroatoms. The van der Waals surface area contributed by atoms with E-state index in [2.05, 4.69) is 5.32 Å². The molecule has 0 atom stereocenters. The van der Waals surface area contributed by atoms with Crippen LogP contribution in [-0.2, 0) is 23.0 Å². The van der Waals surface area contributed by atoms with Crippen molar-refractivity contribution in [1.82, 2.24) is 4.31 Å². The van der Waals surface area contributed by atoms with Crippen LogP contribution in [0.2, 0.25) is 10.0 Å². The number of hydrogen-bond donors (Lipinski definition) is 1. The molecule has 1 amide bonds. The van der Waals surface area contributed by atoms with E-state index in [1.807, 2.05) is 24.3 Å². The molecule has 0 radical (unpaired) electrons. The number of nitrogens with one attached hydrogen (secondary N) is 1. The molecule has 3 aromatic carbocycles. The predicted molar refractivity (Wildman–Crippen MR) is 119 cm³/mol. The molecule has 0 bridgehead atoms. The van der Waals surface area contributed by atoms with Crippen LogP contribution in [0, 0.1) is 0 Å². The average molecular weight is 461 g/mol. The van der Waals surface area contributed by atoms with Crippen molar-refractivity contribution in [2.45, 2.75) is 17.9 Å². The summed E-state index contributed by atoms with van der Waals surface area (Å²) in [4.78, 5) is 12.7. The van der Waals surface area contributed by atoms with E-state index in [4.69, 9.17) is 23.2 Å². The summed E-state index contributed by atoms with van der Waals surface area (Å²) in [6, 6.07) is 18.6. The van der Waals surface area contributed by atoms with Crippen LogP contribution in [0.1, 0.15) is 21.5 Å². The Balaban J connectivity index is 1.60. The first-order valence-electron chi connectivity index (χ1n) is 9.28. The lowest BCUT2D eigenvalue weighted by atomic mass is 10.0. The fraction of sp³-hybridized carbons (Fsp3) is 0.136. The molecule has 0 aliphatic carbocycles. The molecule has 1 aliphatic rings. The smallest absolute Gasteiger partial charge is 0.257 e. The quantitative estimate of drug-likeness (QED) is 0.595. The van der Waals surface area contributed by atoms with Crippen molar-refractivity contribution in [2.24, 2.45) is 0 Å². The van der Waals surface area contributed by atoms with Crippen molar-refractivity contribution in [2.75, 3.05) is 11.9 Å². The van der Waals surface area contributed by atoms with Gasteiger partial charge in [-0.2, -0.15) is 4.31 Å². The summed E-state index contributed by atoms with van der Waals surface area (Å²) in [7, 11) is -3.78. The first kappa shape index (κ1) is 20.9. The van der Waals surface area contributed by atoms with Gasteiger partial charge in [-0.05, 0) is 60.0 Å². The molecule has 0 fully saturated rings. The highest BCUT2D eigenvalue weighted by Crippen LogP contribution is 2.28. The number of halogens is 2. The average Bonchev–Trinajstić information content (AvgIpc) is 2.75. The van der Waals surface area contributed by atoms with Crippen LogP contribution >= 0.6 is 23.2 Å². The van der Waals surface area contributed by atoms with Crippen LogP contribution < -0.4 is 5.32 Å². The lowest BCUT2D eigenvalue weighted by Gasteiger charge is -2.28. The monoisotopic (exact) mass is 460 g/mol. The second-order valence-corrected chi connectivity index (χ2v) is 9.74. The van der Waals surface area contributed by atoms with Crippen LogP contribution in [-0.4, -0.2) is 25.2 Å². The van der Waals surface area contributed by atoms with Gasteiger partial charge in [-0.15, -0.1) is 0 Å². The Morgan fingerprint density at radius 2 is 1.63 bits per heavy atom. The summed E-state index contributed by atoms with van der Waals surface area (Å²) in [6.07, 6.45) is 0.646. The SMILES string of the molecule is O=C(Nc1ccc(Cl)cc1)c1cc(S(=O)(=O)N2CCc3ccccc3C2)ccc1Cl. The van der Waals surface area contributed by atoms with E-state index < -0.39 is 15.9 Å². The van der Waals surface area contributed by atoms with E-state index in [9.17, 15) is 13.2 Å². The molecule has 1 aliphatic heterocycles. The Kier molecular flexibility index (Phi) is 5.84. The van der Waals surface area contributed by atoms with Crippen LogP contribution in [0.5, 0.6) is 0 Å². The molecule has 0 saturated heterocycles. The standard InChI is InChI=1S/C22H18Cl2N2O3S/c23-17-5-7-18(8-6-17)25-22(27)20-13-19(9-10-21(20)24)30(28,29)26-12-11-15-3-1-2-4-16(15)14-26/h1-10,13H,11-12,14H2,(H,25,27). The fourth-order valence-electron chi connectivity index (χ4n) is 3.39. The number of anilines is 1. The van der Waals surface area contributed by atoms with Gasteiger partial charge in [0.05, 0.1) is 15.5 Å². The highest BCUT2D eigenvalue weighted by atomic mass is 35.5. The minimum Gasteiger partial charge on any atom is -0.322 e. The van der Waals surface area contributed by atoms with Crippen LogP contribution in [0.3, 0.4) is 0 Å². The van der Waals surface area contributed by atoms with Crippen molar-refractivity contribution in [3.63, 3.8) is 0 Å². The van der Waals surface area contributed by atoms with Gasteiger partial charge < -0.3 is 5.32 Å². The summed E-state index contributed by atoms with van der Waals surface area (Å²) in [6.45, 7) is 0.682. The highest BCUT2D eigenvalue weighted by molar-refractivity contribution is 7.89. The first-order valence-corrected chi connectivity index (χ1v) is 11.5. The molecule has 4 rings (SSSR count). The maximum atomic E-state index is 13.2. The number of sulfonamides is 1. The van der Waals surface area contributed by atoms with Crippen LogP contribution in [0.25, 0.3) is 0 Å². The number of nitrogens with zero attached hydrogens (tertiary/aromatic N) is 1. The Hall–Kier alpha value is -2.38. The summed E-state index contributed by atoms with van der Waals surface area (Å²) in [5, 5.41) is 3.42. The van der Waals surface area contributed by atoms with Crippen molar-refractivity contribution >= 4 is 44.8 Å². The van der Waals surface area contributed by atoms with E-state index in [0.29, 0.717) is 30.2 Å². The Labute approximate surface area is 185 Å². The molecule has 154 valence electrons. The minimum atomic E-state index is -3.78. The molecular weight excluding hydrogens is 443 g/mol. The number of carbonyl (C=O) groups is 1. The third kappa shape index (κ3) is 4.23. The molecule has 30 heavy (non-hydrogen) atoms. The summed E-state index contributed by atoms with van der Waals surface area (Å²) >= 11 is 12.1. The van der Waals surface area contributed by atoms with Crippen LogP contribution in [0.4, 0.5) is 5.69 Å². The van der Waals surface area contributed by atoms with Crippen LogP contribution in [0.15, 0.2) is 71.6 Å². The predicted octanol–water partition coefficient (Wildman–Crippen LogP) is 4.99. The number of rotatable bonds is 4. The van der Waals surface area contributed by atoms with Crippen molar-refractivity contribution < 1.29 is 13.2 Å². The van der Waals surface area contributed by atoms with E-state index in [1.54, 1.807) is 24.3 Å². The van der Waals surface area contributed by atoms with Crippen molar-refractivity contribution in [3.8, 4) is 0 Å². The maximum absolute atomic E-state index is 13.2. The van der Waals surface area contributed by atoms with Gasteiger partial charge in [-0.1, -0.05) is 47.5 Å². The van der Waals surface area contributed by atoms with Gasteiger partial charge in [0.1, 0.15) is 0 Å². The molecule has 3 aromatic rings. The molecule has 0 saturated carbocycles. The van der Waals surface area contributed by atoms with Gasteiger partial charge in [0.25, 0.3) is 5.91 Å². The third-order valence-corrected chi connectivity index (χ3v) is 7.44. The highest BCUT2D eigenvalue weighted by Gasteiger charge is 2.29. The minimum absolute atomic E-state index is 0.0348. The zero-order valence-electron chi connectivity index (χ0n) is 15.8. The van der Waals surface area contributed by atoms with E-state index in [1.165, 1.54) is 22.5 Å². The Morgan fingerprint density at radius 3 is 2.37 bits per heavy atom. The zero-order valence-corrected chi connectivity index (χ0v) is 18.1. The third-order valence-electron chi connectivity index (χ3n) is 5.02. The topological polar surface area (TPSA) is 66.5 Å². The van der Waals surface area contributed by atoms with E-state index >= 15 is 0 Å². The first-order chi connectivity index (χ1) is 14.3. The normalized spacial score (nSPS) is 14.2. The number of benzene rings is 3. The Bertz CT molecular complexity index is 1210. The van der Waals surface area contributed by atoms with E-state index in [0.717, 1.165) is 11.1 Å². The summed E-state index contributed by atoms with van der Waals surface area (Å²) < 4.78 is 27.9. The lowest BCUT2D eigenvalue weighted by molar-refractivity contribution is 0.102. The number of fused-ring (bicyclic) bond motifs is 1. The Morgan fingerprint density at radius 1 is 0.933 bits per heavy atom. The lowest BCUT2D eigenvalue weighted by Crippen LogP contribution is -2.36. The number of hydrogen-bond acceptors (Lipinski definition) is 3. The summed E-state index contributed by atoms with van der Waals surface area (Å²) in [5.41, 5.74) is 2.76. The summed E-state index contributed by atoms with van der Waals surface area (Å²) in [5.74, 6) is -0.497. The molecule has 1 N–H and O–H groups in total. The number of amides is 1. The molecular formula is C22H18Cl2N2O3S. The molecule has 0 spiro atoms. The maximum Gasteiger partial charge on any atom is 0.257 e. The van der Waals surface area contributed by atoms with Crippen molar-refractivity contribution in [3.05, 3.63) is 93.5 Å². The molecule has 1 heterocycles. The van der Waals surface area contributed by atoms with Gasteiger partial charge in [-0.3, -0.25) is 4.79 Å². The number of carbonyl (C=O) groups excluding carboxylic acids is 1. The van der Waals surface area contributed by atoms with Gasteiger partial charge in [0, 0.05) is 23.8 Å². The molecule has 0 unspecified atom stereocenters. The van der Waals surface area contributed by atoms with Gasteiger partial charge in [-0.25, -0.2) is 8.42 Å². The van der Waals surface area contributed by atoms with Crippen molar-refractivity contribution in [1.29, 1.82) is 0 Å². The molecule has 5 nitrogen and oxygen atoms in total. The second kappa shape index (κ2) is 8.40. The van der Waals surface area contributed by atoms with Gasteiger partial charge in [0.15, 0.2) is 0 Å². The van der Waals surface area contributed by atoms with E-state index in [-0.39, 0.29) is 15.5 Å². The zero-order chi connectivity index (χ0) is 21.3. The molecule has 0 aromatic heterocycles. The largest absolute Gasteiger partial charge is 0.322 e.